The molecule has 1 rings (SSSR count). The van der Waals surface area contributed by atoms with Gasteiger partial charge >= 0.3 is 0 Å². The number of aliphatic hydroxyl groups is 1. The van der Waals surface area contributed by atoms with Gasteiger partial charge in [0.15, 0.2) is 0 Å². The van der Waals surface area contributed by atoms with Crippen molar-refractivity contribution in [2.75, 3.05) is 0 Å². The van der Waals surface area contributed by atoms with E-state index in [1.165, 1.54) is 32.1 Å². The van der Waals surface area contributed by atoms with Gasteiger partial charge in [0.05, 0.1) is 12.1 Å². The molecule has 0 heterocycles. The number of aliphatic hydroxyl groups excluding tert-OH is 1. The zero-order valence-electron chi connectivity index (χ0n) is 12.5. The first-order valence-corrected chi connectivity index (χ1v) is 8.21. The van der Waals surface area contributed by atoms with E-state index in [9.17, 15) is 9.90 Å². The Kier molecular flexibility index (Phi) is 8.89. The minimum atomic E-state index is -0.327. The molecule has 0 radical (unpaired) electrons. The summed E-state index contributed by atoms with van der Waals surface area (Å²) in [4.78, 5) is 11.8. The summed E-state index contributed by atoms with van der Waals surface area (Å²) in [6, 6.07) is 0.00537. The quantitative estimate of drug-likeness (QED) is 0.629. The summed E-state index contributed by atoms with van der Waals surface area (Å²) in [5.41, 5.74) is 0. The minimum Gasteiger partial charge on any atom is -0.391 e. The Bertz CT molecular complexity index is 243. The van der Waals surface area contributed by atoms with Crippen LogP contribution in [0.5, 0.6) is 0 Å². The Balaban J connectivity index is 1.98. The van der Waals surface area contributed by atoms with E-state index < -0.39 is 0 Å². The van der Waals surface area contributed by atoms with Crippen LogP contribution in [0, 0.1) is 0 Å². The van der Waals surface area contributed by atoms with Gasteiger partial charge in [-0.15, -0.1) is 0 Å². The highest BCUT2D eigenvalue weighted by molar-refractivity contribution is 5.76. The molecule has 3 nitrogen and oxygen atoms in total. The molecule has 0 saturated heterocycles. The number of amides is 1. The lowest BCUT2D eigenvalue weighted by atomic mass is 9.92. The van der Waals surface area contributed by atoms with Crippen LogP contribution in [0.1, 0.15) is 84.0 Å². The number of carbonyl (C=O) groups excluding carboxylic acids is 1. The molecule has 0 spiro atoms. The fourth-order valence-electron chi connectivity index (χ4n) is 2.80. The van der Waals surface area contributed by atoms with Crippen LogP contribution in [0.4, 0.5) is 0 Å². The van der Waals surface area contributed by atoms with Gasteiger partial charge in [0.1, 0.15) is 0 Å². The van der Waals surface area contributed by atoms with Crippen molar-refractivity contribution in [3.8, 4) is 0 Å². The zero-order valence-corrected chi connectivity index (χ0v) is 12.5. The van der Waals surface area contributed by atoms with Gasteiger partial charge in [0.2, 0.25) is 5.91 Å². The molecule has 112 valence electrons. The monoisotopic (exact) mass is 269 g/mol. The number of unbranched alkanes of at least 4 members (excludes halogenated alkanes) is 6. The molecule has 0 aromatic rings. The molecule has 3 heteroatoms. The SMILES string of the molecule is CCCCCCCCCC(=O)N[C@H]1CCCC[C@@H]1O. The standard InChI is InChI=1S/C16H31NO2/c1-2-3-4-5-6-7-8-13-16(19)17-14-11-9-10-12-15(14)18/h14-15,18H,2-13H2,1H3,(H,17,19)/t14-,15-/m0/s1. The highest BCUT2D eigenvalue weighted by Gasteiger charge is 2.23. The van der Waals surface area contributed by atoms with Crippen LogP contribution in [0.3, 0.4) is 0 Å². The minimum absolute atomic E-state index is 0.00537. The Morgan fingerprint density at radius 1 is 1.05 bits per heavy atom. The second kappa shape index (κ2) is 10.2. The van der Waals surface area contributed by atoms with Crippen molar-refractivity contribution in [2.24, 2.45) is 0 Å². The first-order valence-electron chi connectivity index (χ1n) is 8.21. The van der Waals surface area contributed by atoms with Gasteiger partial charge < -0.3 is 10.4 Å². The Morgan fingerprint density at radius 3 is 2.37 bits per heavy atom. The number of nitrogens with one attached hydrogen (secondary N) is 1. The van der Waals surface area contributed by atoms with Gasteiger partial charge in [0, 0.05) is 6.42 Å². The predicted octanol–water partition coefficient (Wildman–Crippen LogP) is 3.55. The smallest absolute Gasteiger partial charge is 0.220 e. The number of hydrogen-bond donors (Lipinski definition) is 2. The summed E-state index contributed by atoms with van der Waals surface area (Å²) in [5.74, 6) is 0.125. The van der Waals surface area contributed by atoms with E-state index in [1.807, 2.05) is 0 Å². The van der Waals surface area contributed by atoms with Crippen LogP contribution in [-0.4, -0.2) is 23.2 Å². The van der Waals surface area contributed by atoms with Crippen LogP contribution in [0.2, 0.25) is 0 Å². The molecule has 0 unspecified atom stereocenters. The lowest BCUT2D eigenvalue weighted by Crippen LogP contribution is -2.44. The first-order chi connectivity index (χ1) is 9.24. The summed E-state index contributed by atoms with van der Waals surface area (Å²) in [7, 11) is 0. The molecule has 0 bridgehead atoms. The van der Waals surface area contributed by atoms with E-state index in [0.29, 0.717) is 6.42 Å². The van der Waals surface area contributed by atoms with Gasteiger partial charge in [-0.3, -0.25) is 4.79 Å². The predicted molar refractivity (Wildman–Crippen MR) is 79.0 cm³/mol. The summed E-state index contributed by atoms with van der Waals surface area (Å²) >= 11 is 0. The molecule has 1 amide bonds. The molecular weight excluding hydrogens is 238 g/mol. The maximum atomic E-state index is 11.8. The molecule has 19 heavy (non-hydrogen) atoms. The van der Waals surface area contributed by atoms with Gasteiger partial charge in [0.25, 0.3) is 0 Å². The maximum Gasteiger partial charge on any atom is 0.220 e. The van der Waals surface area contributed by atoms with Crippen molar-refractivity contribution in [1.29, 1.82) is 0 Å². The normalized spacial score (nSPS) is 23.3. The third kappa shape index (κ3) is 7.56. The second-order valence-corrected chi connectivity index (χ2v) is 5.90. The van der Waals surface area contributed by atoms with Crippen molar-refractivity contribution in [3.05, 3.63) is 0 Å². The van der Waals surface area contributed by atoms with Crippen LogP contribution >= 0.6 is 0 Å². The van der Waals surface area contributed by atoms with Crippen LogP contribution in [-0.2, 0) is 4.79 Å². The Labute approximate surface area is 118 Å². The van der Waals surface area contributed by atoms with Gasteiger partial charge in [-0.1, -0.05) is 58.3 Å². The fraction of sp³-hybridized carbons (Fsp3) is 0.938. The lowest BCUT2D eigenvalue weighted by Gasteiger charge is -2.28. The summed E-state index contributed by atoms with van der Waals surface area (Å²) in [5, 5.41) is 12.8. The number of hydrogen-bond acceptors (Lipinski definition) is 2. The van der Waals surface area contributed by atoms with Crippen molar-refractivity contribution >= 4 is 5.91 Å². The van der Waals surface area contributed by atoms with Crippen molar-refractivity contribution in [2.45, 2.75) is 96.1 Å². The van der Waals surface area contributed by atoms with Gasteiger partial charge in [-0.05, 0) is 19.3 Å². The van der Waals surface area contributed by atoms with E-state index in [2.05, 4.69) is 12.2 Å². The van der Waals surface area contributed by atoms with E-state index in [0.717, 1.165) is 38.5 Å². The molecule has 1 aliphatic rings. The van der Waals surface area contributed by atoms with Crippen LogP contribution in [0.25, 0.3) is 0 Å². The second-order valence-electron chi connectivity index (χ2n) is 5.90. The molecule has 2 N–H and O–H groups in total. The number of carbonyl (C=O) groups is 1. The van der Waals surface area contributed by atoms with Gasteiger partial charge in [-0.25, -0.2) is 0 Å². The summed E-state index contributed by atoms with van der Waals surface area (Å²) < 4.78 is 0. The van der Waals surface area contributed by atoms with E-state index >= 15 is 0 Å². The first kappa shape index (κ1) is 16.5. The number of rotatable bonds is 9. The Morgan fingerprint density at radius 2 is 1.68 bits per heavy atom. The molecule has 1 aliphatic carbocycles. The van der Waals surface area contributed by atoms with Crippen molar-refractivity contribution < 1.29 is 9.90 Å². The topological polar surface area (TPSA) is 49.3 Å². The summed E-state index contributed by atoms with van der Waals surface area (Å²) in [6.45, 7) is 2.23. The van der Waals surface area contributed by atoms with E-state index in [1.54, 1.807) is 0 Å². The van der Waals surface area contributed by atoms with E-state index in [4.69, 9.17) is 0 Å². The zero-order chi connectivity index (χ0) is 13.9. The maximum absolute atomic E-state index is 11.8. The molecule has 0 aliphatic heterocycles. The highest BCUT2D eigenvalue weighted by atomic mass is 16.3. The average Bonchev–Trinajstić information content (AvgIpc) is 2.40. The molecule has 2 atom stereocenters. The highest BCUT2D eigenvalue weighted by Crippen LogP contribution is 2.18. The van der Waals surface area contributed by atoms with Gasteiger partial charge in [-0.2, -0.15) is 0 Å². The van der Waals surface area contributed by atoms with E-state index in [-0.39, 0.29) is 18.1 Å². The third-order valence-corrected chi connectivity index (χ3v) is 4.08. The van der Waals surface area contributed by atoms with Crippen molar-refractivity contribution in [1.82, 2.24) is 5.32 Å². The molecular formula is C16H31NO2. The molecule has 0 aromatic heterocycles. The average molecular weight is 269 g/mol. The lowest BCUT2D eigenvalue weighted by molar-refractivity contribution is -0.123. The molecule has 1 fully saturated rings. The molecule has 0 aromatic carbocycles. The summed E-state index contributed by atoms with van der Waals surface area (Å²) in [6.07, 6.45) is 12.9. The molecule has 1 saturated carbocycles. The van der Waals surface area contributed by atoms with Crippen molar-refractivity contribution in [3.63, 3.8) is 0 Å². The van der Waals surface area contributed by atoms with Crippen LogP contribution in [0.15, 0.2) is 0 Å². The largest absolute Gasteiger partial charge is 0.391 e. The fourth-order valence-corrected chi connectivity index (χ4v) is 2.80. The third-order valence-electron chi connectivity index (χ3n) is 4.08. The van der Waals surface area contributed by atoms with Crippen LogP contribution < -0.4 is 5.32 Å². The Hall–Kier alpha value is -0.570.